The van der Waals surface area contributed by atoms with Crippen molar-refractivity contribution in [1.29, 1.82) is 0 Å². The van der Waals surface area contributed by atoms with Gasteiger partial charge in [-0.1, -0.05) is 140 Å². The van der Waals surface area contributed by atoms with Gasteiger partial charge >= 0.3 is 7.32 Å². The molecule has 0 aliphatic carbocycles. The molecule has 0 saturated carbocycles. The van der Waals surface area contributed by atoms with E-state index in [9.17, 15) is 0 Å². The topological polar surface area (TPSA) is 49.7 Å². The third-order valence-electron chi connectivity index (χ3n) is 9.48. The van der Waals surface area contributed by atoms with E-state index in [-0.39, 0.29) is 0 Å². The first-order valence-electron chi connectivity index (χ1n) is 17.0. The summed E-state index contributed by atoms with van der Waals surface area (Å²) in [5.41, 5.74) is 0. The number of rotatable bonds is 6. The maximum Gasteiger partial charge on any atom is 0.707 e. The van der Waals surface area contributed by atoms with Crippen LogP contribution in [0.15, 0.2) is 200 Å². The lowest BCUT2D eigenvalue weighted by Crippen LogP contribution is -2.38. The van der Waals surface area contributed by atoms with Gasteiger partial charge < -0.3 is 14.7 Å². The molecule has 0 radical (unpaired) electrons. The van der Waals surface area contributed by atoms with Crippen LogP contribution in [-0.2, 0) is 0 Å². The Labute approximate surface area is 298 Å². The lowest BCUT2D eigenvalue weighted by Gasteiger charge is -2.28. The molecule has 9 aromatic rings. The number of benzene rings is 9. The smallest absolute Gasteiger partial charge is 0.511 e. The van der Waals surface area contributed by atoms with Crippen molar-refractivity contribution in [1.82, 2.24) is 0 Å². The third kappa shape index (κ3) is 6.15. The van der Waals surface area contributed by atoms with Crippen LogP contribution < -0.4 is 25.9 Å². The molecular weight excluding hydrogens is 642 g/mol. The van der Waals surface area contributed by atoms with E-state index >= 15 is 0 Å². The Morgan fingerprint density at radius 2 is 0.843 bits per heavy atom. The van der Waals surface area contributed by atoms with Gasteiger partial charge in [-0.25, -0.2) is 0 Å². The maximum absolute atomic E-state index is 9.14. The Hall–Kier alpha value is -5.77. The molecule has 244 valence electrons. The summed E-state index contributed by atoms with van der Waals surface area (Å²) in [5, 5.41) is 32.8. The molecule has 2 N–H and O–H groups in total. The minimum atomic E-state index is -2.05. The van der Waals surface area contributed by atoms with Crippen LogP contribution in [0.5, 0.6) is 5.75 Å². The summed E-state index contributed by atoms with van der Waals surface area (Å²) in [6.07, 6.45) is 0. The molecule has 5 heteroatoms. The lowest BCUT2D eigenvalue weighted by atomic mass is 9.97. The van der Waals surface area contributed by atoms with Crippen LogP contribution in [0.25, 0.3) is 43.1 Å². The van der Waals surface area contributed by atoms with Gasteiger partial charge in [0.25, 0.3) is 0 Å². The molecule has 0 saturated heterocycles. The van der Waals surface area contributed by atoms with Crippen molar-refractivity contribution in [2.24, 2.45) is 0 Å². The Bertz CT molecular complexity index is 2490. The second-order valence-electron chi connectivity index (χ2n) is 12.5. The zero-order valence-corrected chi connectivity index (χ0v) is 28.8. The summed E-state index contributed by atoms with van der Waals surface area (Å²) in [4.78, 5) is 0. The Morgan fingerprint density at radius 3 is 1.45 bits per heavy atom. The third-order valence-corrected chi connectivity index (χ3v) is 13.8. The molecule has 0 spiro atoms. The van der Waals surface area contributed by atoms with Gasteiger partial charge in [0, 0.05) is 10.8 Å². The predicted molar refractivity (Wildman–Crippen MR) is 219 cm³/mol. The molecule has 51 heavy (non-hydrogen) atoms. The van der Waals surface area contributed by atoms with Gasteiger partial charge in [-0.2, -0.15) is 0 Å². The molecule has 0 unspecified atom stereocenters. The molecule has 3 nitrogen and oxygen atoms in total. The Kier molecular flexibility index (Phi) is 9.05. The van der Waals surface area contributed by atoms with Crippen molar-refractivity contribution in [3.05, 3.63) is 200 Å². The number of fused-ring (bicyclic) bond motifs is 5. The van der Waals surface area contributed by atoms with Crippen LogP contribution in [0, 0.1) is 0 Å². The van der Waals surface area contributed by atoms with Crippen LogP contribution in [0.3, 0.4) is 0 Å². The summed E-state index contributed by atoms with van der Waals surface area (Å²) in [7, 11) is -3.88. The van der Waals surface area contributed by atoms with Crippen LogP contribution in [0.4, 0.5) is 0 Å². The van der Waals surface area contributed by atoms with Crippen LogP contribution in [0.2, 0.25) is 0 Å². The van der Waals surface area contributed by atoms with Crippen molar-refractivity contribution in [2.75, 3.05) is 0 Å². The van der Waals surface area contributed by atoms with Crippen LogP contribution in [-0.4, -0.2) is 17.4 Å². The molecule has 0 fully saturated rings. The van der Waals surface area contributed by atoms with E-state index < -0.39 is 14.6 Å². The van der Waals surface area contributed by atoms with Gasteiger partial charge in [0.1, 0.15) is 34.2 Å². The van der Waals surface area contributed by atoms with Crippen LogP contribution in [0.1, 0.15) is 0 Å². The molecule has 0 aliphatic heterocycles. The summed E-state index contributed by atoms with van der Waals surface area (Å²) >= 11 is 0. The minimum Gasteiger partial charge on any atom is -0.511 e. The normalized spacial score (nSPS) is 11.3. The summed E-state index contributed by atoms with van der Waals surface area (Å²) in [6.45, 7) is 0. The quantitative estimate of drug-likeness (QED) is 0.0800. The zero-order valence-electron chi connectivity index (χ0n) is 27.9. The van der Waals surface area contributed by atoms with E-state index in [0.717, 1.165) is 26.9 Å². The van der Waals surface area contributed by atoms with E-state index in [2.05, 4.69) is 164 Å². The summed E-state index contributed by atoms with van der Waals surface area (Å²) in [6, 6.07) is 70.8. The Balaban J connectivity index is 0.000000152. The molecule has 0 aliphatic rings. The molecule has 0 amide bonds. The highest BCUT2D eigenvalue weighted by atomic mass is 31.2. The highest BCUT2D eigenvalue weighted by Crippen LogP contribution is 2.55. The van der Waals surface area contributed by atoms with Gasteiger partial charge in [-0.05, 0) is 93.0 Å². The first-order valence-corrected chi connectivity index (χ1v) is 18.8. The summed E-state index contributed by atoms with van der Waals surface area (Å²) < 4.78 is 5.16. The van der Waals surface area contributed by atoms with Gasteiger partial charge in [-0.3, -0.25) is 0 Å². The van der Waals surface area contributed by atoms with Gasteiger partial charge in [0.2, 0.25) is 0 Å². The van der Waals surface area contributed by atoms with Crippen molar-refractivity contribution in [3.63, 3.8) is 0 Å². The molecule has 0 aromatic heterocycles. The second-order valence-corrected chi connectivity index (χ2v) is 15.8. The fraction of sp³-hybridized carbons (Fsp3) is 0. The number of hydrogen-bond acceptors (Lipinski definition) is 3. The minimum absolute atomic E-state index is 0.466. The zero-order chi connectivity index (χ0) is 34.6. The SMILES string of the molecule is OB(O)Oc1cccc2ccc3cc4ccccc4cc3c12.c1ccc([P+](c2ccccc2)(c2ccccc2)c2cccc3ccccc23)cc1. The predicted octanol–water partition coefficient (Wildman–Crippen LogP) is 8.95. The van der Waals surface area contributed by atoms with E-state index in [4.69, 9.17) is 14.7 Å². The maximum atomic E-state index is 9.14. The van der Waals surface area contributed by atoms with Crippen molar-refractivity contribution >= 4 is 78.9 Å². The molecule has 0 heterocycles. The highest BCUT2D eigenvalue weighted by Gasteiger charge is 2.48. The lowest BCUT2D eigenvalue weighted by molar-refractivity contribution is 0.289. The molecule has 0 bridgehead atoms. The van der Waals surface area contributed by atoms with Crippen LogP contribution >= 0.6 is 7.26 Å². The van der Waals surface area contributed by atoms with Crippen molar-refractivity contribution in [3.8, 4) is 5.75 Å². The first kappa shape index (κ1) is 32.4. The average molecular weight is 678 g/mol. The molecular formula is C46H35BO3P+. The standard InChI is InChI=1S/C28H22P.C18H13BO3/c1-4-15-24(16-5-1)29(25-17-6-2-7-18-25,26-19-8-3-9-20-26)28-22-12-14-23-13-10-11-21-27(23)28;20-19(21)22-17-7-3-6-12-8-9-15-10-13-4-1-2-5-14(13)11-16(15)18(12)17/h1-22H;1-11,20-21H/q+1;. The van der Waals surface area contributed by atoms with E-state index in [1.165, 1.54) is 37.4 Å². The summed E-state index contributed by atoms with van der Waals surface area (Å²) in [5.74, 6) is 0.466. The molecule has 0 atom stereocenters. The van der Waals surface area contributed by atoms with E-state index in [0.29, 0.717) is 5.75 Å². The van der Waals surface area contributed by atoms with Gasteiger partial charge in [-0.15, -0.1) is 0 Å². The fourth-order valence-corrected chi connectivity index (χ4v) is 11.8. The molecule has 9 rings (SSSR count). The fourth-order valence-electron chi connectivity index (χ4n) is 7.30. The van der Waals surface area contributed by atoms with E-state index in [1.807, 2.05) is 30.3 Å². The largest absolute Gasteiger partial charge is 0.707 e. The van der Waals surface area contributed by atoms with Gasteiger partial charge in [0.05, 0.1) is 0 Å². The number of hydrogen-bond donors (Lipinski definition) is 2. The van der Waals surface area contributed by atoms with Crippen molar-refractivity contribution < 1.29 is 14.7 Å². The van der Waals surface area contributed by atoms with E-state index in [1.54, 1.807) is 6.07 Å². The monoisotopic (exact) mass is 677 g/mol. The molecule has 9 aromatic carbocycles. The van der Waals surface area contributed by atoms with Crippen molar-refractivity contribution in [2.45, 2.75) is 0 Å². The average Bonchev–Trinajstić information content (AvgIpc) is 3.19. The highest BCUT2D eigenvalue weighted by molar-refractivity contribution is 8.01. The first-order chi connectivity index (χ1) is 25.1. The van der Waals surface area contributed by atoms with Gasteiger partial charge in [0.15, 0.2) is 0 Å². The Morgan fingerprint density at radius 1 is 0.373 bits per heavy atom. The second kappa shape index (κ2) is 14.2.